The van der Waals surface area contributed by atoms with Gasteiger partial charge < -0.3 is 10.6 Å². The van der Waals surface area contributed by atoms with Crippen molar-refractivity contribution in [1.29, 1.82) is 0 Å². The molecule has 0 saturated heterocycles. The van der Waals surface area contributed by atoms with E-state index in [4.69, 9.17) is 5.73 Å². The lowest BCUT2D eigenvalue weighted by atomic mass is 10.1. The van der Waals surface area contributed by atoms with Gasteiger partial charge in [0, 0.05) is 24.8 Å². The minimum absolute atomic E-state index is 0.109. The van der Waals surface area contributed by atoms with Gasteiger partial charge >= 0.3 is 0 Å². The Balaban J connectivity index is 2.28. The summed E-state index contributed by atoms with van der Waals surface area (Å²) in [4.78, 5) is 13.3. The maximum atomic E-state index is 11.8. The predicted octanol–water partition coefficient (Wildman–Crippen LogP) is 1.84. The molecule has 0 bridgehead atoms. The van der Waals surface area contributed by atoms with Crippen LogP contribution in [0.15, 0.2) is 34.9 Å². The van der Waals surface area contributed by atoms with Crippen LogP contribution in [-0.4, -0.2) is 41.2 Å². The standard InChI is InChI=1S/C14H17BrN4O/c1-18(2)14(20)13-6-8-19(17-13)11-4-3-10(5-7-16)12(15)9-11/h3-4,6,8-9H,5,7,16H2,1-2H3. The Labute approximate surface area is 126 Å². The Morgan fingerprint density at radius 1 is 1.40 bits per heavy atom. The molecule has 0 aliphatic heterocycles. The van der Waals surface area contributed by atoms with Crippen molar-refractivity contribution in [3.63, 3.8) is 0 Å². The summed E-state index contributed by atoms with van der Waals surface area (Å²) in [5, 5.41) is 4.30. The number of hydrogen-bond donors (Lipinski definition) is 1. The van der Waals surface area contributed by atoms with Crippen LogP contribution in [0.1, 0.15) is 16.1 Å². The molecule has 0 unspecified atom stereocenters. The molecular weight excluding hydrogens is 320 g/mol. The zero-order chi connectivity index (χ0) is 14.7. The number of rotatable bonds is 4. The third kappa shape index (κ3) is 3.08. The van der Waals surface area contributed by atoms with Crippen LogP contribution < -0.4 is 5.73 Å². The molecule has 1 aromatic heterocycles. The van der Waals surface area contributed by atoms with E-state index in [2.05, 4.69) is 21.0 Å². The van der Waals surface area contributed by atoms with Gasteiger partial charge in [-0.3, -0.25) is 4.79 Å². The lowest BCUT2D eigenvalue weighted by Gasteiger charge is -2.08. The minimum atomic E-state index is -0.109. The van der Waals surface area contributed by atoms with Gasteiger partial charge in [0.05, 0.1) is 5.69 Å². The van der Waals surface area contributed by atoms with Gasteiger partial charge in [-0.25, -0.2) is 4.68 Å². The first-order chi connectivity index (χ1) is 9.52. The Morgan fingerprint density at radius 3 is 2.75 bits per heavy atom. The smallest absolute Gasteiger partial charge is 0.273 e. The summed E-state index contributed by atoms with van der Waals surface area (Å²) in [7, 11) is 3.42. The molecular formula is C14H17BrN4O. The topological polar surface area (TPSA) is 64.2 Å². The number of benzene rings is 1. The number of nitrogens with two attached hydrogens (primary N) is 1. The van der Waals surface area contributed by atoms with E-state index in [1.54, 1.807) is 31.0 Å². The second-order valence-corrected chi connectivity index (χ2v) is 5.51. The number of amides is 1. The van der Waals surface area contributed by atoms with Crippen molar-refractivity contribution in [3.05, 3.63) is 46.2 Å². The summed E-state index contributed by atoms with van der Waals surface area (Å²) in [6.07, 6.45) is 2.60. The van der Waals surface area contributed by atoms with E-state index in [0.717, 1.165) is 22.1 Å². The normalized spacial score (nSPS) is 10.6. The first-order valence-corrected chi connectivity index (χ1v) is 7.08. The fraction of sp³-hybridized carbons (Fsp3) is 0.286. The first kappa shape index (κ1) is 14.7. The van der Waals surface area contributed by atoms with E-state index < -0.39 is 0 Å². The van der Waals surface area contributed by atoms with E-state index >= 15 is 0 Å². The second-order valence-electron chi connectivity index (χ2n) is 4.66. The summed E-state index contributed by atoms with van der Waals surface area (Å²) in [6, 6.07) is 7.67. The zero-order valence-electron chi connectivity index (χ0n) is 11.5. The third-order valence-electron chi connectivity index (χ3n) is 2.93. The highest BCUT2D eigenvalue weighted by Crippen LogP contribution is 2.21. The van der Waals surface area contributed by atoms with Crippen molar-refractivity contribution in [1.82, 2.24) is 14.7 Å². The maximum Gasteiger partial charge on any atom is 0.273 e. The quantitative estimate of drug-likeness (QED) is 0.926. The number of carbonyl (C=O) groups is 1. The van der Waals surface area contributed by atoms with Gasteiger partial charge in [-0.05, 0) is 36.7 Å². The van der Waals surface area contributed by atoms with Gasteiger partial charge in [0.25, 0.3) is 5.91 Å². The molecule has 0 radical (unpaired) electrons. The van der Waals surface area contributed by atoms with Crippen molar-refractivity contribution in [2.24, 2.45) is 5.73 Å². The van der Waals surface area contributed by atoms with Gasteiger partial charge in [0.2, 0.25) is 0 Å². The van der Waals surface area contributed by atoms with Crippen LogP contribution in [0, 0.1) is 0 Å². The Bertz CT molecular complexity index is 621. The molecule has 6 heteroatoms. The Kier molecular flexibility index (Phi) is 4.57. The van der Waals surface area contributed by atoms with Crippen molar-refractivity contribution in [3.8, 4) is 5.69 Å². The molecule has 0 atom stereocenters. The lowest BCUT2D eigenvalue weighted by molar-refractivity contribution is 0.0821. The molecule has 20 heavy (non-hydrogen) atoms. The highest BCUT2D eigenvalue weighted by Gasteiger charge is 2.12. The average molecular weight is 337 g/mol. The molecule has 0 aliphatic rings. The van der Waals surface area contributed by atoms with Gasteiger partial charge in [0.1, 0.15) is 0 Å². The molecule has 5 nitrogen and oxygen atoms in total. The molecule has 1 amide bonds. The maximum absolute atomic E-state index is 11.8. The molecule has 2 aromatic rings. The van der Waals surface area contributed by atoms with Crippen LogP contribution in [0.5, 0.6) is 0 Å². The molecule has 2 N–H and O–H groups in total. The van der Waals surface area contributed by atoms with Crippen molar-refractivity contribution < 1.29 is 4.79 Å². The van der Waals surface area contributed by atoms with Crippen molar-refractivity contribution >= 4 is 21.8 Å². The average Bonchev–Trinajstić information content (AvgIpc) is 2.90. The van der Waals surface area contributed by atoms with Crippen LogP contribution >= 0.6 is 15.9 Å². The Morgan fingerprint density at radius 2 is 2.15 bits per heavy atom. The van der Waals surface area contributed by atoms with Gasteiger partial charge in [0.15, 0.2) is 5.69 Å². The predicted molar refractivity (Wildman–Crippen MR) is 82.0 cm³/mol. The molecule has 106 valence electrons. The van der Waals surface area contributed by atoms with Crippen LogP contribution in [-0.2, 0) is 6.42 Å². The Hall–Kier alpha value is -1.66. The first-order valence-electron chi connectivity index (χ1n) is 6.29. The monoisotopic (exact) mass is 336 g/mol. The summed E-state index contributed by atoms with van der Waals surface area (Å²) in [5.74, 6) is -0.109. The summed E-state index contributed by atoms with van der Waals surface area (Å²) >= 11 is 3.53. The molecule has 0 spiro atoms. The molecule has 0 aliphatic carbocycles. The summed E-state index contributed by atoms with van der Waals surface area (Å²) in [5.41, 5.74) is 8.05. The highest BCUT2D eigenvalue weighted by atomic mass is 79.9. The van der Waals surface area contributed by atoms with E-state index in [0.29, 0.717) is 12.2 Å². The van der Waals surface area contributed by atoms with Crippen LogP contribution in [0.3, 0.4) is 0 Å². The van der Waals surface area contributed by atoms with E-state index in [9.17, 15) is 4.79 Å². The van der Waals surface area contributed by atoms with E-state index in [1.165, 1.54) is 4.90 Å². The number of carbonyl (C=O) groups excluding carboxylic acids is 1. The van der Waals surface area contributed by atoms with E-state index in [-0.39, 0.29) is 5.91 Å². The number of hydrogen-bond acceptors (Lipinski definition) is 3. The lowest BCUT2D eigenvalue weighted by Crippen LogP contribution is -2.22. The number of nitrogens with zero attached hydrogens (tertiary/aromatic N) is 3. The van der Waals surface area contributed by atoms with Crippen molar-refractivity contribution in [2.75, 3.05) is 20.6 Å². The largest absolute Gasteiger partial charge is 0.343 e. The van der Waals surface area contributed by atoms with E-state index in [1.807, 2.05) is 18.2 Å². The molecule has 1 heterocycles. The van der Waals surface area contributed by atoms with Gasteiger partial charge in [-0.15, -0.1) is 0 Å². The van der Waals surface area contributed by atoms with Gasteiger partial charge in [-0.2, -0.15) is 5.10 Å². The molecule has 2 rings (SSSR count). The number of halogens is 1. The van der Waals surface area contributed by atoms with Crippen LogP contribution in [0.4, 0.5) is 0 Å². The minimum Gasteiger partial charge on any atom is -0.343 e. The third-order valence-corrected chi connectivity index (χ3v) is 3.67. The van der Waals surface area contributed by atoms with Crippen LogP contribution in [0.25, 0.3) is 5.69 Å². The fourth-order valence-corrected chi connectivity index (χ4v) is 2.41. The SMILES string of the molecule is CN(C)C(=O)c1ccn(-c2ccc(CCN)c(Br)c2)n1. The molecule has 1 aromatic carbocycles. The number of aromatic nitrogens is 2. The fourth-order valence-electron chi connectivity index (χ4n) is 1.85. The molecule has 0 fully saturated rings. The second kappa shape index (κ2) is 6.19. The van der Waals surface area contributed by atoms with Crippen LogP contribution in [0.2, 0.25) is 0 Å². The van der Waals surface area contributed by atoms with Crippen molar-refractivity contribution in [2.45, 2.75) is 6.42 Å². The summed E-state index contributed by atoms with van der Waals surface area (Å²) in [6.45, 7) is 0.612. The summed E-state index contributed by atoms with van der Waals surface area (Å²) < 4.78 is 2.68. The van der Waals surface area contributed by atoms with Gasteiger partial charge in [-0.1, -0.05) is 22.0 Å². The molecule has 0 saturated carbocycles. The zero-order valence-corrected chi connectivity index (χ0v) is 13.1. The highest BCUT2D eigenvalue weighted by molar-refractivity contribution is 9.10.